The quantitative estimate of drug-likeness (QED) is 0.823. The summed E-state index contributed by atoms with van der Waals surface area (Å²) >= 11 is 0. The van der Waals surface area contributed by atoms with Crippen molar-refractivity contribution < 1.29 is 4.79 Å². The number of ketones is 1. The molecule has 116 valence electrons. The number of nitrogens with one attached hydrogen (secondary N) is 1. The van der Waals surface area contributed by atoms with Crippen molar-refractivity contribution in [3.8, 4) is 11.8 Å². The van der Waals surface area contributed by atoms with Gasteiger partial charge in [-0.05, 0) is 36.0 Å². The van der Waals surface area contributed by atoms with E-state index < -0.39 is 0 Å². The number of hydrogen-bond acceptors (Lipinski definition) is 4. The Hall–Kier alpha value is -2.67. The predicted molar refractivity (Wildman–Crippen MR) is 90.4 cm³/mol. The van der Waals surface area contributed by atoms with E-state index in [1.54, 1.807) is 6.20 Å². The van der Waals surface area contributed by atoms with Crippen LogP contribution < -0.4 is 5.32 Å². The molecular formula is C19H19N3O. The van der Waals surface area contributed by atoms with E-state index in [0.717, 1.165) is 23.5 Å². The molecule has 2 aromatic heterocycles. The molecule has 3 rings (SSSR count). The van der Waals surface area contributed by atoms with Crippen molar-refractivity contribution in [1.82, 2.24) is 9.97 Å². The summed E-state index contributed by atoms with van der Waals surface area (Å²) in [6, 6.07) is 7.49. The highest BCUT2D eigenvalue weighted by Crippen LogP contribution is 2.33. The van der Waals surface area contributed by atoms with Crippen molar-refractivity contribution in [3.63, 3.8) is 0 Å². The van der Waals surface area contributed by atoms with E-state index in [-0.39, 0.29) is 11.2 Å². The van der Waals surface area contributed by atoms with E-state index in [9.17, 15) is 4.79 Å². The Balaban J connectivity index is 1.90. The lowest BCUT2D eigenvalue weighted by Crippen LogP contribution is -2.27. The highest BCUT2D eigenvalue weighted by atomic mass is 16.1. The first kappa shape index (κ1) is 15.2. The Kier molecular flexibility index (Phi) is 3.87. The molecule has 23 heavy (non-hydrogen) atoms. The standard InChI is InChI=1S/C19H19N3O/c1-19(2)10-16-15(17(23)11-19)9-13(12-21-16)7-8-14-5-4-6-18(20-3)22-14/h4-6,9,12H,10-11H2,1-3H3,(H,20,22). The fourth-order valence-electron chi connectivity index (χ4n) is 2.77. The first-order valence-electron chi connectivity index (χ1n) is 7.66. The number of rotatable bonds is 1. The lowest BCUT2D eigenvalue weighted by Gasteiger charge is -2.29. The smallest absolute Gasteiger partial charge is 0.165 e. The van der Waals surface area contributed by atoms with Gasteiger partial charge in [-0.1, -0.05) is 25.8 Å². The number of hydrogen-bond donors (Lipinski definition) is 1. The van der Waals surface area contributed by atoms with Crippen LogP contribution in [0.15, 0.2) is 30.5 Å². The van der Waals surface area contributed by atoms with E-state index >= 15 is 0 Å². The molecule has 0 atom stereocenters. The normalized spacial score (nSPS) is 15.3. The SMILES string of the molecule is CNc1cccc(C#Cc2cnc3c(c2)C(=O)CC(C)(C)C3)n1. The van der Waals surface area contributed by atoms with Crippen LogP contribution in [0.3, 0.4) is 0 Å². The van der Waals surface area contributed by atoms with Crippen molar-refractivity contribution in [2.45, 2.75) is 26.7 Å². The molecule has 0 saturated carbocycles. The molecule has 1 aliphatic carbocycles. The van der Waals surface area contributed by atoms with E-state index in [2.05, 4.69) is 41.0 Å². The van der Waals surface area contributed by atoms with Crippen molar-refractivity contribution in [2.75, 3.05) is 12.4 Å². The number of anilines is 1. The van der Waals surface area contributed by atoms with Gasteiger partial charge in [-0.3, -0.25) is 9.78 Å². The summed E-state index contributed by atoms with van der Waals surface area (Å²) in [5.41, 5.74) is 3.01. The molecule has 0 fully saturated rings. The zero-order valence-electron chi connectivity index (χ0n) is 13.6. The molecule has 0 spiro atoms. The molecule has 4 nitrogen and oxygen atoms in total. The average Bonchev–Trinajstić information content (AvgIpc) is 2.52. The van der Waals surface area contributed by atoms with Crippen LogP contribution in [-0.2, 0) is 6.42 Å². The lowest BCUT2D eigenvalue weighted by atomic mass is 9.75. The van der Waals surface area contributed by atoms with Gasteiger partial charge in [0.25, 0.3) is 0 Å². The summed E-state index contributed by atoms with van der Waals surface area (Å²) in [6.07, 6.45) is 3.13. The Bertz CT molecular complexity index is 828. The molecular weight excluding hydrogens is 286 g/mol. The van der Waals surface area contributed by atoms with Gasteiger partial charge in [0, 0.05) is 30.8 Å². The van der Waals surface area contributed by atoms with E-state index in [0.29, 0.717) is 17.7 Å². The molecule has 0 aromatic carbocycles. The summed E-state index contributed by atoms with van der Waals surface area (Å²) in [7, 11) is 1.82. The van der Waals surface area contributed by atoms with Crippen LogP contribution >= 0.6 is 0 Å². The minimum absolute atomic E-state index is 0.0121. The molecule has 0 radical (unpaired) electrons. The van der Waals surface area contributed by atoms with Gasteiger partial charge in [0.05, 0.1) is 5.69 Å². The summed E-state index contributed by atoms with van der Waals surface area (Å²) in [4.78, 5) is 21.1. The topological polar surface area (TPSA) is 54.9 Å². The van der Waals surface area contributed by atoms with E-state index in [1.807, 2.05) is 31.3 Å². The average molecular weight is 305 g/mol. The molecule has 4 heteroatoms. The van der Waals surface area contributed by atoms with Crippen LogP contribution in [0.25, 0.3) is 0 Å². The Morgan fingerprint density at radius 2 is 2.04 bits per heavy atom. The van der Waals surface area contributed by atoms with Crippen LogP contribution in [0.1, 0.15) is 47.6 Å². The zero-order chi connectivity index (χ0) is 16.4. The van der Waals surface area contributed by atoms with Crippen LogP contribution in [0.5, 0.6) is 0 Å². The first-order chi connectivity index (χ1) is 11.0. The van der Waals surface area contributed by atoms with E-state index in [4.69, 9.17) is 0 Å². The van der Waals surface area contributed by atoms with Crippen molar-refractivity contribution in [3.05, 3.63) is 53.0 Å². The maximum Gasteiger partial charge on any atom is 0.165 e. The third-order valence-corrected chi connectivity index (χ3v) is 3.90. The van der Waals surface area contributed by atoms with Gasteiger partial charge >= 0.3 is 0 Å². The molecule has 2 aromatic rings. The summed E-state index contributed by atoms with van der Waals surface area (Å²) in [5.74, 6) is 7.00. The van der Waals surface area contributed by atoms with Crippen LogP contribution in [0.2, 0.25) is 0 Å². The molecule has 2 heterocycles. The minimum atomic E-state index is -0.0121. The number of carbonyl (C=O) groups excluding carboxylic acids is 1. The highest BCUT2D eigenvalue weighted by molar-refractivity contribution is 5.98. The molecule has 0 unspecified atom stereocenters. The van der Waals surface area contributed by atoms with Crippen LogP contribution in [-0.4, -0.2) is 22.8 Å². The van der Waals surface area contributed by atoms with Crippen LogP contribution in [0, 0.1) is 17.3 Å². The number of Topliss-reactive ketones (excluding diaryl/α,β-unsaturated/α-hetero) is 1. The van der Waals surface area contributed by atoms with Crippen LogP contribution in [0.4, 0.5) is 5.82 Å². The molecule has 0 saturated heterocycles. The van der Waals surface area contributed by atoms with Crippen molar-refractivity contribution in [1.29, 1.82) is 0 Å². The third-order valence-electron chi connectivity index (χ3n) is 3.90. The summed E-state index contributed by atoms with van der Waals surface area (Å²) < 4.78 is 0. The highest BCUT2D eigenvalue weighted by Gasteiger charge is 2.31. The predicted octanol–water partition coefficient (Wildman–Crippen LogP) is 3.07. The van der Waals surface area contributed by atoms with Gasteiger partial charge < -0.3 is 5.32 Å². The molecule has 0 aliphatic heterocycles. The largest absolute Gasteiger partial charge is 0.373 e. The second kappa shape index (κ2) is 5.85. The second-order valence-electron chi connectivity index (χ2n) is 6.57. The molecule has 0 amide bonds. The molecule has 1 N–H and O–H groups in total. The maximum absolute atomic E-state index is 12.3. The number of pyridine rings is 2. The number of nitrogens with zero attached hydrogens (tertiary/aromatic N) is 2. The van der Waals surface area contributed by atoms with E-state index in [1.165, 1.54) is 0 Å². The van der Waals surface area contributed by atoms with Gasteiger partial charge in [0.2, 0.25) is 0 Å². The first-order valence-corrected chi connectivity index (χ1v) is 7.66. The van der Waals surface area contributed by atoms with Gasteiger partial charge in [0.1, 0.15) is 11.5 Å². The summed E-state index contributed by atoms with van der Waals surface area (Å²) in [5, 5.41) is 2.98. The zero-order valence-corrected chi connectivity index (χ0v) is 13.6. The summed E-state index contributed by atoms with van der Waals surface area (Å²) in [6.45, 7) is 4.20. The Morgan fingerprint density at radius 1 is 1.22 bits per heavy atom. The minimum Gasteiger partial charge on any atom is -0.373 e. The lowest BCUT2D eigenvalue weighted by molar-refractivity contribution is 0.0910. The Morgan fingerprint density at radius 3 is 2.83 bits per heavy atom. The van der Waals surface area contributed by atoms with Gasteiger partial charge in [-0.15, -0.1) is 0 Å². The number of carbonyl (C=O) groups is 1. The van der Waals surface area contributed by atoms with Gasteiger partial charge in [0.15, 0.2) is 5.78 Å². The van der Waals surface area contributed by atoms with Gasteiger partial charge in [-0.2, -0.15) is 0 Å². The van der Waals surface area contributed by atoms with Crippen molar-refractivity contribution in [2.24, 2.45) is 5.41 Å². The second-order valence-corrected chi connectivity index (χ2v) is 6.57. The number of fused-ring (bicyclic) bond motifs is 1. The fraction of sp³-hybridized carbons (Fsp3) is 0.316. The maximum atomic E-state index is 12.3. The molecule has 0 bridgehead atoms. The van der Waals surface area contributed by atoms with Gasteiger partial charge in [-0.25, -0.2) is 4.98 Å². The number of aromatic nitrogens is 2. The third kappa shape index (κ3) is 3.40. The fourth-order valence-corrected chi connectivity index (χ4v) is 2.77. The monoisotopic (exact) mass is 305 g/mol. The van der Waals surface area contributed by atoms with Crippen molar-refractivity contribution >= 4 is 11.6 Å². The molecule has 1 aliphatic rings. The Labute approximate surface area is 136 Å².